The number of morpholine rings is 1. The largest absolute Gasteiger partial charge is 0.399 e. The van der Waals surface area contributed by atoms with Crippen LogP contribution in [-0.4, -0.2) is 31.1 Å². The lowest BCUT2D eigenvalue weighted by molar-refractivity contribution is -0.0347. The third-order valence-corrected chi connectivity index (χ3v) is 3.15. The molecule has 0 bridgehead atoms. The summed E-state index contributed by atoms with van der Waals surface area (Å²) in [5, 5.41) is 0. The van der Waals surface area contributed by atoms with Crippen molar-refractivity contribution in [2.45, 2.75) is 20.0 Å². The van der Waals surface area contributed by atoms with Gasteiger partial charge in [-0.05, 0) is 18.1 Å². The second kappa shape index (κ2) is 5.67. The fourth-order valence-electron chi connectivity index (χ4n) is 2.38. The lowest BCUT2D eigenvalue weighted by Crippen LogP contribution is -2.40. The van der Waals surface area contributed by atoms with E-state index < -0.39 is 0 Å². The SMILES string of the molecule is CC(C)CN1CCO[C@H](c2ccc(N)cc2F)C1. The lowest BCUT2D eigenvalue weighted by atomic mass is 10.1. The molecule has 1 aromatic rings. The van der Waals surface area contributed by atoms with Crippen molar-refractivity contribution in [2.24, 2.45) is 5.92 Å². The Kier molecular flexibility index (Phi) is 4.19. The maximum Gasteiger partial charge on any atom is 0.131 e. The number of ether oxygens (including phenoxy) is 1. The van der Waals surface area contributed by atoms with Gasteiger partial charge in [-0.25, -0.2) is 4.39 Å². The summed E-state index contributed by atoms with van der Waals surface area (Å²) in [6, 6.07) is 4.82. The standard InChI is InChI=1S/C14H21FN2O/c1-10(2)8-17-5-6-18-14(9-17)12-4-3-11(16)7-13(12)15/h3-4,7,10,14H,5-6,8-9,16H2,1-2H3/t14-/m0/s1. The fourth-order valence-corrected chi connectivity index (χ4v) is 2.38. The van der Waals surface area contributed by atoms with Crippen LogP contribution in [0.25, 0.3) is 0 Å². The van der Waals surface area contributed by atoms with Crippen LogP contribution in [-0.2, 0) is 4.74 Å². The molecule has 0 saturated carbocycles. The van der Waals surface area contributed by atoms with Crippen LogP contribution in [0.3, 0.4) is 0 Å². The number of benzene rings is 1. The monoisotopic (exact) mass is 252 g/mol. The van der Waals surface area contributed by atoms with Crippen LogP contribution in [0.2, 0.25) is 0 Å². The Bertz CT molecular complexity index is 409. The molecule has 2 rings (SSSR count). The highest BCUT2D eigenvalue weighted by Gasteiger charge is 2.24. The Morgan fingerprint density at radius 1 is 1.50 bits per heavy atom. The molecular formula is C14H21FN2O. The van der Waals surface area contributed by atoms with E-state index in [0.717, 1.165) is 19.6 Å². The van der Waals surface area contributed by atoms with Crippen LogP contribution >= 0.6 is 0 Å². The number of rotatable bonds is 3. The molecular weight excluding hydrogens is 231 g/mol. The third-order valence-electron chi connectivity index (χ3n) is 3.15. The Labute approximate surface area is 108 Å². The van der Waals surface area contributed by atoms with Crippen molar-refractivity contribution < 1.29 is 9.13 Å². The average molecular weight is 252 g/mol. The zero-order valence-corrected chi connectivity index (χ0v) is 11.0. The molecule has 1 aliphatic rings. The zero-order chi connectivity index (χ0) is 13.1. The molecule has 18 heavy (non-hydrogen) atoms. The van der Waals surface area contributed by atoms with Crippen LogP contribution in [0.4, 0.5) is 10.1 Å². The van der Waals surface area contributed by atoms with Gasteiger partial charge >= 0.3 is 0 Å². The Morgan fingerprint density at radius 2 is 2.28 bits per heavy atom. The summed E-state index contributed by atoms with van der Waals surface area (Å²) < 4.78 is 19.5. The van der Waals surface area contributed by atoms with E-state index in [1.54, 1.807) is 12.1 Å². The molecule has 1 atom stereocenters. The summed E-state index contributed by atoms with van der Waals surface area (Å²) in [4.78, 5) is 2.33. The summed E-state index contributed by atoms with van der Waals surface area (Å²) in [5.41, 5.74) is 6.62. The number of nitrogen functional groups attached to an aromatic ring is 1. The van der Waals surface area contributed by atoms with Crippen molar-refractivity contribution in [3.05, 3.63) is 29.6 Å². The van der Waals surface area contributed by atoms with Crippen LogP contribution in [0.5, 0.6) is 0 Å². The third kappa shape index (κ3) is 3.21. The first-order chi connectivity index (χ1) is 8.56. The molecule has 1 saturated heterocycles. The molecule has 3 nitrogen and oxygen atoms in total. The minimum Gasteiger partial charge on any atom is -0.399 e. The van der Waals surface area contributed by atoms with E-state index in [9.17, 15) is 4.39 Å². The van der Waals surface area contributed by atoms with E-state index in [4.69, 9.17) is 10.5 Å². The number of anilines is 1. The molecule has 0 unspecified atom stereocenters. The van der Waals surface area contributed by atoms with Crippen molar-refractivity contribution >= 4 is 5.69 Å². The fraction of sp³-hybridized carbons (Fsp3) is 0.571. The Balaban J connectivity index is 2.08. The van der Waals surface area contributed by atoms with Crippen LogP contribution < -0.4 is 5.73 Å². The van der Waals surface area contributed by atoms with Crippen molar-refractivity contribution in [3.8, 4) is 0 Å². The van der Waals surface area contributed by atoms with E-state index in [0.29, 0.717) is 23.8 Å². The zero-order valence-electron chi connectivity index (χ0n) is 11.0. The van der Waals surface area contributed by atoms with E-state index in [1.807, 2.05) is 0 Å². The molecule has 0 aliphatic carbocycles. The predicted octanol–water partition coefficient (Wildman–Crippen LogP) is 2.44. The van der Waals surface area contributed by atoms with Gasteiger partial charge in [-0.2, -0.15) is 0 Å². The van der Waals surface area contributed by atoms with Crippen LogP contribution in [0.15, 0.2) is 18.2 Å². The van der Waals surface area contributed by atoms with E-state index in [1.165, 1.54) is 6.07 Å². The van der Waals surface area contributed by atoms with Gasteiger partial charge in [-0.1, -0.05) is 19.9 Å². The highest BCUT2D eigenvalue weighted by Crippen LogP contribution is 2.26. The van der Waals surface area contributed by atoms with E-state index >= 15 is 0 Å². The van der Waals surface area contributed by atoms with Gasteiger partial charge in [0.2, 0.25) is 0 Å². The predicted molar refractivity (Wildman–Crippen MR) is 70.8 cm³/mol. The van der Waals surface area contributed by atoms with Gasteiger partial charge in [0.15, 0.2) is 0 Å². The van der Waals surface area contributed by atoms with Crippen molar-refractivity contribution in [1.29, 1.82) is 0 Å². The lowest BCUT2D eigenvalue weighted by Gasteiger charge is -2.34. The maximum atomic E-state index is 13.8. The molecule has 0 radical (unpaired) electrons. The second-order valence-electron chi connectivity index (χ2n) is 5.29. The summed E-state index contributed by atoms with van der Waals surface area (Å²) in [5.74, 6) is 0.339. The van der Waals surface area contributed by atoms with Gasteiger partial charge in [-0.3, -0.25) is 4.90 Å². The summed E-state index contributed by atoms with van der Waals surface area (Å²) >= 11 is 0. The first kappa shape index (κ1) is 13.3. The van der Waals surface area contributed by atoms with Crippen molar-refractivity contribution in [2.75, 3.05) is 32.0 Å². The van der Waals surface area contributed by atoms with Gasteiger partial charge in [0.1, 0.15) is 5.82 Å². The van der Waals surface area contributed by atoms with E-state index in [2.05, 4.69) is 18.7 Å². The number of hydrogen-bond acceptors (Lipinski definition) is 3. The number of nitrogens with two attached hydrogens (primary N) is 1. The van der Waals surface area contributed by atoms with Crippen molar-refractivity contribution in [1.82, 2.24) is 4.90 Å². The minimum absolute atomic E-state index is 0.182. The molecule has 2 N–H and O–H groups in total. The molecule has 100 valence electrons. The summed E-state index contributed by atoms with van der Waals surface area (Å²) in [6.07, 6.45) is -0.182. The number of nitrogens with zero attached hydrogens (tertiary/aromatic N) is 1. The highest BCUT2D eigenvalue weighted by atomic mass is 19.1. The van der Waals surface area contributed by atoms with Gasteiger partial charge < -0.3 is 10.5 Å². The number of halogens is 1. The molecule has 1 fully saturated rings. The minimum atomic E-state index is -0.272. The molecule has 0 aromatic heterocycles. The summed E-state index contributed by atoms with van der Waals surface area (Å²) in [7, 11) is 0. The molecule has 1 aliphatic heterocycles. The first-order valence-electron chi connectivity index (χ1n) is 6.45. The molecule has 0 spiro atoms. The molecule has 1 aromatic carbocycles. The van der Waals surface area contributed by atoms with Gasteiger partial charge in [0, 0.05) is 30.9 Å². The molecule has 4 heteroatoms. The van der Waals surface area contributed by atoms with Gasteiger partial charge in [0.25, 0.3) is 0 Å². The quantitative estimate of drug-likeness (QED) is 0.840. The smallest absolute Gasteiger partial charge is 0.131 e. The van der Waals surface area contributed by atoms with Crippen LogP contribution in [0.1, 0.15) is 25.5 Å². The van der Waals surface area contributed by atoms with Crippen LogP contribution in [0, 0.1) is 11.7 Å². The van der Waals surface area contributed by atoms with E-state index in [-0.39, 0.29) is 11.9 Å². The highest BCUT2D eigenvalue weighted by molar-refractivity contribution is 5.41. The van der Waals surface area contributed by atoms with Crippen molar-refractivity contribution in [3.63, 3.8) is 0 Å². The van der Waals surface area contributed by atoms with Gasteiger partial charge in [0.05, 0.1) is 12.7 Å². The topological polar surface area (TPSA) is 38.5 Å². The Hall–Kier alpha value is -1.13. The summed E-state index contributed by atoms with van der Waals surface area (Å²) in [6.45, 7) is 7.73. The maximum absolute atomic E-state index is 13.8. The number of hydrogen-bond donors (Lipinski definition) is 1. The Morgan fingerprint density at radius 3 is 2.94 bits per heavy atom. The van der Waals surface area contributed by atoms with Gasteiger partial charge in [-0.15, -0.1) is 0 Å². The first-order valence-corrected chi connectivity index (χ1v) is 6.45. The normalized spacial score (nSPS) is 21.4. The average Bonchev–Trinajstić information content (AvgIpc) is 2.28. The second-order valence-corrected chi connectivity index (χ2v) is 5.29. The molecule has 1 heterocycles. The molecule has 0 amide bonds.